The molecule has 2 aliphatic rings. The average molecular weight is 405 g/mol. The second kappa shape index (κ2) is 9.28. The molecule has 27 heavy (non-hydrogen) atoms. The molecule has 1 saturated heterocycles. The maximum atomic E-state index is 13.2. The third kappa shape index (κ3) is 5.17. The Balaban J connectivity index is 0.00000261. The molecule has 0 aromatic heterocycles. The summed E-state index contributed by atoms with van der Waals surface area (Å²) in [6, 6.07) is 5.93. The van der Waals surface area contributed by atoms with E-state index in [9.17, 15) is 18.0 Å². The summed E-state index contributed by atoms with van der Waals surface area (Å²) in [7, 11) is 1.76. The molecule has 152 valence electrons. The Bertz CT molecular complexity index is 632. The second-order valence-electron chi connectivity index (χ2n) is 7.55. The van der Waals surface area contributed by atoms with Crippen LogP contribution in [0.1, 0.15) is 49.7 Å². The van der Waals surface area contributed by atoms with E-state index in [2.05, 4.69) is 5.32 Å². The van der Waals surface area contributed by atoms with Crippen LogP contribution in [0.4, 0.5) is 13.2 Å². The van der Waals surface area contributed by atoms with Gasteiger partial charge in [-0.05, 0) is 49.8 Å². The molecule has 3 unspecified atom stereocenters. The zero-order valence-corrected chi connectivity index (χ0v) is 16.4. The number of alkyl halides is 3. The highest BCUT2D eigenvalue weighted by atomic mass is 35.5. The minimum absolute atomic E-state index is 0. The number of halogens is 4. The van der Waals surface area contributed by atoms with Crippen LogP contribution < -0.4 is 5.32 Å². The molecule has 7 heteroatoms. The summed E-state index contributed by atoms with van der Waals surface area (Å²) in [4.78, 5) is 14.5. The van der Waals surface area contributed by atoms with Crippen molar-refractivity contribution in [2.24, 2.45) is 5.92 Å². The van der Waals surface area contributed by atoms with Crippen LogP contribution in [0.15, 0.2) is 24.3 Å². The monoisotopic (exact) mass is 404 g/mol. The van der Waals surface area contributed by atoms with E-state index in [4.69, 9.17) is 0 Å². The van der Waals surface area contributed by atoms with Crippen LogP contribution in [-0.4, -0.2) is 36.5 Å². The minimum atomic E-state index is -4.43. The number of carbonyl (C=O) groups excluding carboxylic acids is 1. The number of hydrogen-bond acceptors (Lipinski definition) is 2. The highest BCUT2D eigenvalue weighted by Crippen LogP contribution is 2.35. The molecule has 0 radical (unpaired) electrons. The first kappa shape index (κ1) is 22.0. The molecular formula is C20H28ClF3N2O. The van der Waals surface area contributed by atoms with Gasteiger partial charge in [-0.3, -0.25) is 4.79 Å². The number of benzene rings is 1. The third-order valence-electron chi connectivity index (χ3n) is 5.95. The standard InChI is InChI=1S/C20H27F3N2O.ClH/c1-25(18-11-5-3-8-15(18)17-10-6-12-24-17)19(26)13-14-7-2-4-9-16(14)20(21,22)23;/h2,4,7,9,15,17-18,24H,3,5-6,8,10-13H2,1H3;1H. The largest absolute Gasteiger partial charge is 0.416 e. The predicted molar refractivity (Wildman–Crippen MR) is 102 cm³/mol. The van der Waals surface area contributed by atoms with Crippen LogP contribution in [0.3, 0.4) is 0 Å². The first-order valence-electron chi connectivity index (χ1n) is 9.52. The van der Waals surface area contributed by atoms with Crippen molar-refractivity contribution in [1.29, 1.82) is 0 Å². The van der Waals surface area contributed by atoms with Crippen molar-refractivity contribution in [3.63, 3.8) is 0 Å². The molecule has 0 spiro atoms. The van der Waals surface area contributed by atoms with Crippen LogP contribution in [0.2, 0.25) is 0 Å². The van der Waals surface area contributed by atoms with E-state index in [0.29, 0.717) is 12.0 Å². The summed E-state index contributed by atoms with van der Waals surface area (Å²) in [6.45, 7) is 1.02. The van der Waals surface area contributed by atoms with Crippen LogP contribution in [0.5, 0.6) is 0 Å². The molecular weight excluding hydrogens is 377 g/mol. The summed E-state index contributed by atoms with van der Waals surface area (Å²) in [6.07, 6.45) is 1.91. The van der Waals surface area contributed by atoms with Gasteiger partial charge in [-0.1, -0.05) is 31.0 Å². The second-order valence-corrected chi connectivity index (χ2v) is 7.55. The molecule has 0 bridgehead atoms. The van der Waals surface area contributed by atoms with E-state index in [0.717, 1.165) is 51.1 Å². The number of nitrogens with one attached hydrogen (secondary N) is 1. The van der Waals surface area contributed by atoms with Gasteiger partial charge in [-0.15, -0.1) is 12.4 Å². The van der Waals surface area contributed by atoms with Gasteiger partial charge in [-0.2, -0.15) is 13.2 Å². The van der Waals surface area contributed by atoms with Gasteiger partial charge in [0.2, 0.25) is 5.91 Å². The van der Waals surface area contributed by atoms with Crippen LogP contribution in [0.25, 0.3) is 0 Å². The number of rotatable bonds is 4. The lowest BCUT2D eigenvalue weighted by Crippen LogP contribution is -2.50. The maximum absolute atomic E-state index is 13.2. The van der Waals surface area contributed by atoms with Gasteiger partial charge >= 0.3 is 6.18 Å². The predicted octanol–water partition coefficient (Wildman–Crippen LogP) is 4.44. The molecule has 1 aromatic rings. The molecule has 1 amide bonds. The Kier molecular flexibility index (Phi) is 7.57. The van der Waals surface area contributed by atoms with Gasteiger partial charge in [0, 0.05) is 19.1 Å². The van der Waals surface area contributed by atoms with Crippen molar-refractivity contribution in [2.45, 2.75) is 63.2 Å². The molecule has 1 aliphatic carbocycles. The molecule has 1 aliphatic heterocycles. The van der Waals surface area contributed by atoms with Crippen molar-refractivity contribution in [2.75, 3.05) is 13.6 Å². The van der Waals surface area contributed by atoms with Gasteiger partial charge in [0.25, 0.3) is 0 Å². The SMILES string of the molecule is CN(C(=O)Cc1ccccc1C(F)(F)F)C1CCCCC1C1CCCN1.Cl. The number of hydrogen-bond donors (Lipinski definition) is 1. The molecule has 3 rings (SSSR count). The molecule has 1 heterocycles. The number of amides is 1. The van der Waals surface area contributed by atoms with Crippen molar-refractivity contribution in [1.82, 2.24) is 10.2 Å². The lowest BCUT2D eigenvalue weighted by Gasteiger charge is -2.41. The van der Waals surface area contributed by atoms with E-state index in [-0.39, 0.29) is 36.3 Å². The molecule has 2 fully saturated rings. The Morgan fingerprint density at radius 2 is 1.85 bits per heavy atom. The van der Waals surface area contributed by atoms with E-state index in [1.807, 2.05) is 0 Å². The van der Waals surface area contributed by atoms with Gasteiger partial charge < -0.3 is 10.2 Å². The average Bonchev–Trinajstić information content (AvgIpc) is 3.15. The van der Waals surface area contributed by atoms with E-state index < -0.39 is 11.7 Å². The molecule has 3 atom stereocenters. The van der Waals surface area contributed by atoms with Crippen LogP contribution >= 0.6 is 12.4 Å². The van der Waals surface area contributed by atoms with Crippen LogP contribution in [0, 0.1) is 5.92 Å². The number of nitrogens with zero attached hydrogens (tertiary/aromatic N) is 1. The molecule has 3 nitrogen and oxygen atoms in total. The first-order chi connectivity index (χ1) is 12.4. The van der Waals surface area contributed by atoms with E-state index >= 15 is 0 Å². The van der Waals surface area contributed by atoms with E-state index in [1.165, 1.54) is 12.1 Å². The smallest absolute Gasteiger partial charge is 0.342 e. The fraction of sp³-hybridized carbons (Fsp3) is 0.650. The maximum Gasteiger partial charge on any atom is 0.416 e. The third-order valence-corrected chi connectivity index (χ3v) is 5.95. The zero-order chi connectivity index (χ0) is 18.7. The Hall–Kier alpha value is -1.27. The van der Waals surface area contributed by atoms with Gasteiger partial charge in [-0.25, -0.2) is 0 Å². The fourth-order valence-corrected chi connectivity index (χ4v) is 4.59. The Labute approximate surface area is 165 Å². The normalized spacial score (nSPS) is 25.7. The lowest BCUT2D eigenvalue weighted by molar-refractivity contribution is -0.139. The van der Waals surface area contributed by atoms with Crippen molar-refractivity contribution in [3.8, 4) is 0 Å². The van der Waals surface area contributed by atoms with Gasteiger partial charge in [0.15, 0.2) is 0 Å². The highest BCUT2D eigenvalue weighted by molar-refractivity contribution is 5.85. The number of carbonyl (C=O) groups is 1. The van der Waals surface area contributed by atoms with Crippen molar-refractivity contribution < 1.29 is 18.0 Å². The van der Waals surface area contributed by atoms with Crippen LogP contribution in [-0.2, 0) is 17.4 Å². The van der Waals surface area contributed by atoms with Crippen molar-refractivity contribution >= 4 is 18.3 Å². The minimum Gasteiger partial charge on any atom is -0.342 e. The quantitative estimate of drug-likeness (QED) is 0.804. The molecule has 1 N–H and O–H groups in total. The summed E-state index contributed by atoms with van der Waals surface area (Å²) in [5.74, 6) is 0.176. The molecule has 1 saturated carbocycles. The Morgan fingerprint density at radius 3 is 2.52 bits per heavy atom. The summed E-state index contributed by atoms with van der Waals surface area (Å²) >= 11 is 0. The zero-order valence-electron chi connectivity index (χ0n) is 15.6. The van der Waals surface area contributed by atoms with E-state index in [1.54, 1.807) is 18.0 Å². The summed E-state index contributed by atoms with van der Waals surface area (Å²) in [5, 5.41) is 3.54. The van der Waals surface area contributed by atoms with Gasteiger partial charge in [0.05, 0.1) is 12.0 Å². The van der Waals surface area contributed by atoms with Gasteiger partial charge in [0.1, 0.15) is 0 Å². The highest BCUT2D eigenvalue weighted by Gasteiger charge is 2.38. The summed E-state index contributed by atoms with van der Waals surface area (Å²) in [5.41, 5.74) is -0.650. The topological polar surface area (TPSA) is 32.3 Å². The fourth-order valence-electron chi connectivity index (χ4n) is 4.59. The number of likely N-dealkylation sites (N-methyl/N-ethyl adjacent to an activating group) is 1. The first-order valence-corrected chi connectivity index (χ1v) is 9.52. The van der Waals surface area contributed by atoms with Crippen molar-refractivity contribution in [3.05, 3.63) is 35.4 Å². The summed E-state index contributed by atoms with van der Waals surface area (Å²) < 4.78 is 39.6. The lowest BCUT2D eigenvalue weighted by atomic mass is 9.78. The Morgan fingerprint density at radius 1 is 1.15 bits per heavy atom. The molecule has 1 aromatic carbocycles.